The molecule has 1 heterocycles. The predicted molar refractivity (Wildman–Crippen MR) is 74.9 cm³/mol. The number of fused-ring (bicyclic) bond motifs is 2. The molecule has 1 aliphatic heterocycles. The van der Waals surface area contributed by atoms with Crippen LogP contribution in [0.5, 0.6) is 11.5 Å². The van der Waals surface area contributed by atoms with Crippen LogP contribution >= 0.6 is 15.9 Å². The number of carbonyl (C=O) groups is 1. The maximum absolute atomic E-state index is 12.5. The van der Waals surface area contributed by atoms with Crippen molar-refractivity contribution in [3.05, 3.63) is 57.6 Å². The smallest absolute Gasteiger partial charge is 0.197 e. The molecule has 0 spiro atoms. The van der Waals surface area contributed by atoms with Crippen molar-refractivity contribution in [2.75, 3.05) is 7.11 Å². The van der Waals surface area contributed by atoms with Crippen molar-refractivity contribution in [3.63, 3.8) is 0 Å². The summed E-state index contributed by atoms with van der Waals surface area (Å²) in [4.78, 5) is 12.5. The van der Waals surface area contributed by atoms with Crippen molar-refractivity contribution in [1.29, 1.82) is 0 Å². The molecule has 0 atom stereocenters. The van der Waals surface area contributed by atoms with Crippen LogP contribution in [-0.4, -0.2) is 12.9 Å². The van der Waals surface area contributed by atoms with Gasteiger partial charge in [0.2, 0.25) is 0 Å². The van der Waals surface area contributed by atoms with Gasteiger partial charge in [-0.25, -0.2) is 0 Å². The molecule has 3 nitrogen and oxygen atoms in total. The standard InChI is InChI=1S/C15H11BrO3/c1-18-11-3-4-12-9(6-11)8-19-14-5-2-10(16)7-13(14)15(12)17/h2-7H,8H2,1H3. The number of carbonyl (C=O) groups excluding carboxylic acids is 1. The number of halogens is 1. The van der Waals surface area contributed by atoms with Crippen LogP contribution in [0.1, 0.15) is 21.5 Å². The Morgan fingerprint density at radius 3 is 2.79 bits per heavy atom. The van der Waals surface area contributed by atoms with E-state index in [-0.39, 0.29) is 5.78 Å². The molecule has 3 rings (SSSR count). The Bertz CT molecular complexity index is 664. The number of ether oxygens (including phenoxy) is 2. The first-order valence-corrected chi connectivity index (χ1v) is 6.62. The van der Waals surface area contributed by atoms with Gasteiger partial charge in [0.25, 0.3) is 0 Å². The summed E-state index contributed by atoms with van der Waals surface area (Å²) in [5.74, 6) is 1.32. The van der Waals surface area contributed by atoms with Gasteiger partial charge in [-0.15, -0.1) is 0 Å². The highest BCUT2D eigenvalue weighted by molar-refractivity contribution is 9.10. The molecular formula is C15H11BrO3. The fraction of sp³-hybridized carbons (Fsp3) is 0.133. The second-order valence-electron chi connectivity index (χ2n) is 4.28. The molecule has 0 N–H and O–H groups in total. The van der Waals surface area contributed by atoms with E-state index in [1.54, 1.807) is 31.4 Å². The minimum atomic E-state index is -0.0218. The first kappa shape index (κ1) is 12.2. The van der Waals surface area contributed by atoms with Crippen LogP contribution in [0.25, 0.3) is 0 Å². The Labute approximate surface area is 119 Å². The molecular weight excluding hydrogens is 308 g/mol. The molecule has 0 fully saturated rings. The molecule has 19 heavy (non-hydrogen) atoms. The molecule has 0 amide bonds. The molecule has 0 bridgehead atoms. The Hall–Kier alpha value is -1.81. The third kappa shape index (κ3) is 2.12. The number of hydrogen-bond acceptors (Lipinski definition) is 3. The average Bonchev–Trinajstić information content (AvgIpc) is 2.57. The maximum atomic E-state index is 12.5. The number of methoxy groups -OCH3 is 1. The van der Waals surface area contributed by atoms with Crippen LogP contribution in [0, 0.1) is 0 Å². The summed E-state index contributed by atoms with van der Waals surface area (Å²) in [5, 5.41) is 0. The van der Waals surface area contributed by atoms with Crippen LogP contribution in [0.3, 0.4) is 0 Å². The summed E-state index contributed by atoms with van der Waals surface area (Å²) in [6.45, 7) is 0.368. The summed E-state index contributed by atoms with van der Waals surface area (Å²) < 4.78 is 11.7. The fourth-order valence-corrected chi connectivity index (χ4v) is 2.51. The van der Waals surface area contributed by atoms with E-state index in [1.807, 2.05) is 12.1 Å². The highest BCUT2D eigenvalue weighted by atomic mass is 79.9. The first-order valence-electron chi connectivity index (χ1n) is 5.83. The van der Waals surface area contributed by atoms with Gasteiger partial charge in [0.1, 0.15) is 18.1 Å². The molecule has 0 radical (unpaired) electrons. The van der Waals surface area contributed by atoms with Gasteiger partial charge in [0.15, 0.2) is 5.78 Å². The van der Waals surface area contributed by atoms with Crippen molar-refractivity contribution in [2.24, 2.45) is 0 Å². The Morgan fingerprint density at radius 2 is 2.00 bits per heavy atom. The minimum Gasteiger partial charge on any atom is -0.497 e. The second kappa shape index (κ2) is 4.70. The van der Waals surface area contributed by atoms with Gasteiger partial charge in [-0.1, -0.05) is 15.9 Å². The molecule has 96 valence electrons. The van der Waals surface area contributed by atoms with E-state index in [9.17, 15) is 4.79 Å². The topological polar surface area (TPSA) is 35.5 Å². The van der Waals surface area contributed by atoms with E-state index < -0.39 is 0 Å². The summed E-state index contributed by atoms with van der Waals surface area (Å²) in [6, 6.07) is 10.9. The van der Waals surface area contributed by atoms with E-state index in [0.717, 1.165) is 15.8 Å². The summed E-state index contributed by atoms with van der Waals surface area (Å²) in [6.07, 6.45) is 0. The number of hydrogen-bond donors (Lipinski definition) is 0. The zero-order valence-corrected chi connectivity index (χ0v) is 11.9. The molecule has 2 aromatic carbocycles. The van der Waals surface area contributed by atoms with Crippen LogP contribution < -0.4 is 9.47 Å². The summed E-state index contributed by atoms with van der Waals surface area (Å²) >= 11 is 3.38. The summed E-state index contributed by atoms with van der Waals surface area (Å²) in [7, 11) is 1.60. The van der Waals surface area contributed by atoms with Gasteiger partial charge in [0, 0.05) is 15.6 Å². The monoisotopic (exact) mass is 318 g/mol. The van der Waals surface area contributed by atoms with Gasteiger partial charge in [-0.2, -0.15) is 0 Å². The highest BCUT2D eigenvalue weighted by Gasteiger charge is 2.22. The molecule has 0 aromatic heterocycles. The number of benzene rings is 2. The lowest BCUT2D eigenvalue weighted by Gasteiger charge is -2.06. The van der Waals surface area contributed by atoms with Gasteiger partial charge in [-0.3, -0.25) is 4.79 Å². The van der Waals surface area contributed by atoms with E-state index in [1.165, 1.54) is 0 Å². The molecule has 0 aliphatic carbocycles. The third-order valence-corrected chi connectivity index (χ3v) is 3.62. The van der Waals surface area contributed by atoms with Crippen molar-refractivity contribution in [1.82, 2.24) is 0 Å². The van der Waals surface area contributed by atoms with Crippen LogP contribution in [0.2, 0.25) is 0 Å². The molecule has 1 aliphatic rings. The molecule has 2 aromatic rings. The normalized spacial score (nSPS) is 13.1. The molecule has 0 unspecified atom stereocenters. The minimum absolute atomic E-state index is 0.0218. The zero-order valence-electron chi connectivity index (χ0n) is 10.3. The van der Waals surface area contributed by atoms with Crippen molar-refractivity contribution in [3.8, 4) is 11.5 Å². The van der Waals surface area contributed by atoms with Gasteiger partial charge in [0.05, 0.1) is 12.7 Å². The SMILES string of the molecule is COc1ccc2c(c1)COc1ccc(Br)cc1C2=O. The van der Waals surface area contributed by atoms with E-state index >= 15 is 0 Å². The number of ketones is 1. The Kier molecular flexibility index (Phi) is 3.03. The van der Waals surface area contributed by atoms with Crippen LogP contribution in [-0.2, 0) is 6.61 Å². The summed E-state index contributed by atoms with van der Waals surface area (Å²) in [5.41, 5.74) is 2.09. The molecule has 4 heteroatoms. The highest BCUT2D eigenvalue weighted by Crippen LogP contribution is 2.31. The molecule has 0 saturated heterocycles. The van der Waals surface area contributed by atoms with Gasteiger partial charge >= 0.3 is 0 Å². The Morgan fingerprint density at radius 1 is 1.16 bits per heavy atom. The average molecular weight is 319 g/mol. The van der Waals surface area contributed by atoms with E-state index in [4.69, 9.17) is 9.47 Å². The molecule has 0 saturated carbocycles. The maximum Gasteiger partial charge on any atom is 0.197 e. The Balaban J connectivity index is 2.15. The second-order valence-corrected chi connectivity index (χ2v) is 5.20. The van der Waals surface area contributed by atoms with E-state index in [2.05, 4.69) is 15.9 Å². The predicted octanol–water partition coefficient (Wildman–Crippen LogP) is 3.58. The van der Waals surface area contributed by atoms with Crippen molar-refractivity contribution in [2.45, 2.75) is 6.61 Å². The lowest BCUT2D eigenvalue weighted by molar-refractivity contribution is 0.103. The first-order chi connectivity index (χ1) is 9.19. The van der Waals surface area contributed by atoms with Gasteiger partial charge < -0.3 is 9.47 Å². The number of rotatable bonds is 1. The largest absolute Gasteiger partial charge is 0.497 e. The van der Waals surface area contributed by atoms with Crippen LogP contribution in [0.15, 0.2) is 40.9 Å². The van der Waals surface area contributed by atoms with Crippen molar-refractivity contribution < 1.29 is 14.3 Å². The fourth-order valence-electron chi connectivity index (χ4n) is 2.14. The lowest BCUT2D eigenvalue weighted by atomic mass is 9.99. The van der Waals surface area contributed by atoms with E-state index in [0.29, 0.717) is 23.5 Å². The lowest BCUT2D eigenvalue weighted by Crippen LogP contribution is -2.03. The van der Waals surface area contributed by atoms with Gasteiger partial charge in [-0.05, 0) is 36.4 Å². The zero-order chi connectivity index (χ0) is 13.4. The van der Waals surface area contributed by atoms with Crippen molar-refractivity contribution >= 4 is 21.7 Å². The van der Waals surface area contributed by atoms with Crippen LogP contribution in [0.4, 0.5) is 0 Å². The third-order valence-electron chi connectivity index (χ3n) is 3.13. The quantitative estimate of drug-likeness (QED) is 0.806.